The third kappa shape index (κ3) is 3.44. The van der Waals surface area contributed by atoms with E-state index in [2.05, 4.69) is 10.5 Å². The molecule has 2 rings (SSSR count). The van der Waals surface area contributed by atoms with Crippen molar-refractivity contribution in [2.45, 2.75) is 33.3 Å². The van der Waals surface area contributed by atoms with Crippen LogP contribution in [0, 0.1) is 5.41 Å². The minimum absolute atomic E-state index is 0.0616. The van der Waals surface area contributed by atoms with Gasteiger partial charge in [0.05, 0.1) is 0 Å². The molecule has 1 unspecified atom stereocenters. The Bertz CT molecular complexity index is 544. The first-order chi connectivity index (χ1) is 9.37. The molecule has 0 fully saturated rings. The third-order valence-corrected chi connectivity index (χ3v) is 2.84. The fourth-order valence-electron chi connectivity index (χ4n) is 1.96. The van der Waals surface area contributed by atoms with E-state index in [0.29, 0.717) is 12.2 Å². The highest BCUT2D eigenvalue weighted by Gasteiger charge is 2.36. The fraction of sp³-hybridized carbons (Fsp3) is 0.400. The number of Topliss-reactive ketones (excluding diaryl/α,β-unsaturated/α-hetero) is 1. The molecule has 1 aromatic rings. The molecule has 0 bridgehead atoms. The summed E-state index contributed by atoms with van der Waals surface area (Å²) in [6.45, 7) is 6.14. The Kier molecular flexibility index (Phi) is 3.88. The summed E-state index contributed by atoms with van der Waals surface area (Å²) >= 11 is 0. The zero-order valence-corrected chi connectivity index (χ0v) is 11.8. The Morgan fingerprint density at radius 2 is 1.85 bits per heavy atom. The van der Waals surface area contributed by atoms with E-state index in [9.17, 15) is 9.59 Å². The van der Waals surface area contributed by atoms with Gasteiger partial charge in [-0.1, -0.05) is 39.0 Å². The Hall–Kier alpha value is -2.17. The lowest BCUT2D eigenvalue weighted by Crippen LogP contribution is -2.37. The molecule has 0 radical (unpaired) electrons. The van der Waals surface area contributed by atoms with Crippen LogP contribution in [0.5, 0.6) is 5.75 Å². The highest BCUT2D eigenvalue weighted by molar-refractivity contribution is 6.67. The average molecular weight is 274 g/mol. The van der Waals surface area contributed by atoms with Gasteiger partial charge in [0.25, 0.3) is 5.78 Å². The van der Waals surface area contributed by atoms with Crippen molar-refractivity contribution in [3.8, 4) is 5.75 Å². The van der Waals surface area contributed by atoms with Crippen molar-refractivity contribution in [1.29, 1.82) is 0 Å². The summed E-state index contributed by atoms with van der Waals surface area (Å²) in [6, 6.07) is 9.21. The van der Waals surface area contributed by atoms with E-state index in [0.717, 1.165) is 0 Å². The van der Waals surface area contributed by atoms with Gasteiger partial charge in [-0.3, -0.25) is 9.59 Å². The van der Waals surface area contributed by atoms with E-state index >= 15 is 0 Å². The summed E-state index contributed by atoms with van der Waals surface area (Å²) in [5.41, 5.74) is 2.28. The maximum Gasteiger partial charge on any atom is 0.313 e. The molecular weight excluding hydrogens is 256 g/mol. The summed E-state index contributed by atoms with van der Waals surface area (Å²) < 4.78 is 5.85. The van der Waals surface area contributed by atoms with E-state index < -0.39 is 17.8 Å². The van der Waals surface area contributed by atoms with Gasteiger partial charge in [-0.15, -0.1) is 0 Å². The van der Waals surface area contributed by atoms with Gasteiger partial charge in [0, 0.05) is 0 Å². The number of amides is 1. The van der Waals surface area contributed by atoms with Crippen molar-refractivity contribution >= 4 is 17.4 Å². The van der Waals surface area contributed by atoms with Crippen molar-refractivity contribution in [2.24, 2.45) is 10.5 Å². The summed E-state index contributed by atoms with van der Waals surface area (Å²) in [5.74, 6) is -0.664. The number of ether oxygens (including phenoxy) is 1. The minimum Gasteiger partial charge on any atom is -0.484 e. The monoisotopic (exact) mass is 274 g/mol. The number of ketones is 1. The van der Waals surface area contributed by atoms with Crippen molar-refractivity contribution in [3.63, 3.8) is 0 Å². The average Bonchev–Trinajstić information content (AvgIpc) is 2.69. The summed E-state index contributed by atoms with van der Waals surface area (Å²) in [5, 5.41) is 3.82. The molecule has 0 aromatic heterocycles. The van der Waals surface area contributed by atoms with Crippen LogP contribution < -0.4 is 10.2 Å². The molecule has 0 spiro atoms. The van der Waals surface area contributed by atoms with Gasteiger partial charge in [-0.05, 0) is 24.0 Å². The highest BCUT2D eigenvalue weighted by atomic mass is 16.5. The lowest BCUT2D eigenvalue weighted by molar-refractivity contribution is -0.133. The number of nitrogens with one attached hydrogen (secondary N) is 1. The van der Waals surface area contributed by atoms with Crippen LogP contribution in [0.1, 0.15) is 27.2 Å². The molecular formula is C15H18N2O3. The number of benzene rings is 1. The van der Waals surface area contributed by atoms with Crippen LogP contribution in [-0.2, 0) is 9.59 Å². The van der Waals surface area contributed by atoms with Gasteiger partial charge >= 0.3 is 5.91 Å². The first-order valence-electron chi connectivity index (χ1n) is 6.51. The normalized spacial score (nSPS) is 16.6. The molecule has 1 aliphatic rings. The molecule has 1 aromatic carbocycles. The van der Waals surface area contributed by atoms with Crippen molar-refractivity contribution < 1.29 is 14.3 Å². The lowest BCUT2D eigenvalue weighted by atomic mass is 9.87. The van der Waals surface area contributed by atoms with Crippen LogP contribution in [0.4, 0.5) is 0 Å². The standard InChI is InChI=1S/C15H18N2O3/c1-15(2,3)9-11(12-13(18)14(19)17-16-12)20-10-7-5-4-6-8-10/h4-8,11H,9H2,1-3H3,(H,17,18,19). The zero-order valence-electron chi connectivity index (χ0n) is 11.8. The van der Waals surface area contributed by atoms with E-state index in [4.69, 9.17) is 4.74 Å². The summed E-state index contributed by atoms with van der Waals surface area (Å²) in [7, 11) is 0. The van der Waals surface area contributed by atoms with E-state index in [1.54, 1.807) is 0 Å². The van der Waals surface area contributed by atoms with Crippen molar-refractivity contribution in [3.05, 3.63) is 30.3 Å². The summed E-state index contributed by atoms with van der Waals surface area (Å²) in [4.78, 5) is 23.1. The minimum atomic E-state index is -0.699. The Labute approximate surface area is 118 Å². The highest BCUT2D eigenvalue weighted by Crippen LogP contribution is 2.25. The molecule has 0 saturated heterocycles. The number of nitrogens with zero attached hydrogens (tertiary/aromatic N) is 1. The van der Waals surface area contributed by atoms with Crippen molar-refractivity contribution in [2.75, 3.05) is 0 Å². The SMILES string of the molecule is CC(C)(C)CC(Oc1ccccc1)C1=NNC(=O)C1=O. The summed E-state index contributed by atoms with van der Waals surface area (Å²) in [6.07, 6.45) is 0.0466. The molecule has 1 aliphatic heterocycles. The number of rotatable bonds is 4. The Morgan fingerprint density at radius 3 is 2.35 bits per heavy atom. The molecule has 106 valence electrons. The molecule has 1 atom stereocenters. The number of hydrazone groups is 1. The van der Waals surface area contributed by atoms with Crippen LogP contribution in [0.25, 0.3) is 0 Å². The van der Waals surface area contributed by atoms with Crippen molar-refractivity contribution in [1.82, 2.24) is 5.43 Å². The predicted molar refractivity (Wildman–Crippen MR) is 75.5 cm³/mol. The Morgan fingerprint density at radius 1 is 1.20 bits per heavy atom. The van der Waals surface area contributed by atoms with Crippen LogP contribution >= 0.6 is 0 Å². The van der Waals surface area contributed by atoms with Crippen LogP contribution in [-0.4, -0.2) is 23.5 Å². The van der Waals surface area contributed by atoms with E-state index in [1.807, 2.05) is 51.1 Å². The second-order valence-electron chi connectivity index (χ2n) is 5.95. The Balaban J connectivity index is 2.22. The molecule has 1 heterocycles. The number of carbonyl (C=O) groups excluding carboxylic acids is 2. The van der Waals surface area contributed by atoms with Gasteiger partial charge in [0.2, 0.25) is 0 Å². The third-order valence-electron chi connectivity index (χ3n) is 2.84. The zero-order chi connectivity index (χ0) is 14.8. The van der Waals surface area contributed by atoms with Crippen LogP contribution in [0.2, 0.25) is 0 Å². The van der Waals surface area contributed by atoms with E-state index in [-0.39, 0.29) is 11.1 Å². The topological polar surface area (TPSA) is 67.8 Å². The molecule has 20 heavy (non-hydrogen) atoms. The van der Waals surface area contributed by atoms with Gasteiger partial charge < -0.3 is 4.74 Å². The first-order valence-corrected chi connectivity index (χ1v) is 6.51. The first kappa shape index (κ1) is 14.2. The molecule has 1 amide bonds. The second-order valence-corrected chi connectivity index (χ2v) is 5.95. The predicted octanol–water partition coefficient (Wildman–Crippen LogP) is 1.93. The second kappa shape index (κ2) is 5.45. The fourth-order valence-corrected chi connectivity index (χ4v) is 1.96. The molecule has 0 aliphatic carbocycles. The maximum absolute atomic E-state index is 11.8. The van der Waals surface area contributed by atoms with E-state index in [1.165, 1.54) is 0 Å². The number of hydrogen-bond donors (Lipinski definition) is 1. The number of hydrogen-bond acceptors (Lipinski definition) is 4. The molecule has 0 saturated carbocycles. The number of carbonyl (C=O) groups is 2. The van der Waals surface area contributed by atoms with Gasteiger partial charge in [-0.25, -0.2) is 5.43 Å². The molecule has 5 heteroatoms. The smallest absolute Gasteiger partial charge is 0.313 e. The molecule has 1 N–H and O–H groups in total. The van der Waals surface area contributed by atoms with Crippen LogP contribution in [0.3, 0.4) is 0 Å². The van der Waals surface area contributed by atoms with Gasteiger partial charge in [0.1, 0.15) is 11.9 Å². The van der Waals surface area contributed by atoms with Gasteiger partial charge in [0.15, 0.2) is 5.71 Å². The largest absolute Gasteiger partial charge is 0.484 e. The maximum atomic E-state index is 11.8. The van der Waals surface area contributed by atoms with Crippen LogP contribution in [0.15, 0.2) is 35.4 Å². The van der Waals surface area contributed by atoms with Gasteiger partial charge in [-0.2, -0.15) is 5.10 Å². The molecule has 5 nitrogen and oxygen atoms in total. The number of para-hydroxylation sites is 1. The quantitative estimate of drug-likeness (QED) is 0.853. The lowest BCUT2D eigenvalue weighted by Gasteiger charge is -2.25.